The Labute approximate surface area is 111 Å². The van der Waals surface area contributed by atoms with Crippen molar-refractivity contribution < 1.29 is 14.3 Å². The summed E-state index contributed by atoms with van der Waals surface area (Å²) in [7, 11) is 4.98. The van der Waals surface area contributed by atoms with Crippen LogP contribution in [0.25, 0.3) is 0 Å². The highest BCUT2D eigenvalue weighted by Crippen LogP contribution is 2.20. The van der Waals surface area contributed by atoms with Crippen LogP contribution >= 0.6 is 0 Å². The summed E-state index contributed by atoms with van der Waals surface area (Å²) in [6.45, 7) is -0.0732. The van der Waals surface area contributed by atoms with E-state index in [1.54, 1.807) is 27.2 Å². The van der Waals surface area contributed by atoms with Crippen molar-refractivity contribution in [2.24, 2.45) is 7.05 Å². The minimum absolute atomic E-state index is 0.0732. The van der Waals surface area contributed by atoms with Crippen LogP contribution in [0.15, 0.2) is 6.07 Å². The molecule has 0 bridgehead atoms. The number of ether oxygens (including phenoxy) is 1. The van der Waals surface area contributed by atoms with E-state index < -0.39 is 0 Å². The Morgan fingerprint density at radius 3 is 2.79 bits per heavy atom. The number of amides is 2. The lowest BCUT2D eigenvalue weighted by atomic mass is 10.4. The molecule has 0 atom stereocenters. The van der Waals surface area contributed by atoms with Gasteiger partial charge in [-0.05, 0) is 12.8 Å². The molecule has 0 aliphatic heterocycles. The van der Waals surface area contributed by atoms with Crippen molar-refractivity contribution >= 4 is 11.8 Å². The van der Waals surface area contributed by atoms with Gasteiger partial charge in [-0.25, -0.2) is 4.68 Å². The number of rotatable bonds is 5. The molecule has 0 unspecified atom stereocenters. The summed E-state index contributed by atoms with van der Waals surface area (Å²) in [4.78, 5) is 24.6. The maximum absolute atomic E-state index is 11.8. The van der Waals surface area contributed by atoms with E-state index in [0.29, 0.717) is 11.6 Å². The summed E-state index contributed by atoms with van der Waals surface area (Å²) in [5, 5.41) is 6.92. The van der Waals surface area contributed by atoms with E-state index in [-0.39, 0.29) is 24.5 Å². The lowest BCUT2D eigenvalue weighted by Gasteiger charge is -2.10. The van der Waals surface area contributed by atoms with E-state index in [4.69, 9.17) is 4.74 Å². The van der Waals surface area contributed by atoms with Gasteiger partial charge in [-0.15, -0.1) is 0 Å². The fourth-order valence-corrected chi connectivity index (χ4v) is 1.45. The van der Waals surface area contributed by atoms with E-state index in [9.17, 15) is 9.59 Å². The normalized spacial score (nSPS) is 14.1. The SMILES string of the molecule is CN(C)C(=O)COc1cc(C(=O)NC2CC2)nn1C. The quantitative estimate of drug-likeness (QED) is 0.799. The molecule has 0 saturated heterocycles. The van der Waals surface area contributed by atoms with E-state index in [1.165, 1.54) is 9.58 Å². The van der Waals surface area contributed by atoms with Crippen molar-refractivity contribution in [3.05, 3.63) is 11.8 Å². The molecule has 2 amide bonds. The van der Waals surface area contributed by atoms with Gasteiger partial charge >= 0.3 is 0 Å². The minimum Gasteiger partial charge on any atom is -0.468 e. The predicted molar refractivity (Wildman–Crippen MR) is 67.9 cm³/mol. The highest BCUT2D eigenvalue weighted by molar-refractivity contribution is 5.93. The summed E-state index contributed by atoms with van der Waals surface area (Å²) >= 11 is 0. The zero-order chi connectivity index (χ0) is 14.0. The lowest BCUT2D eigenvalue weighted by Crippen LogP contribution is -2.27. The number of aryl methyl sites for hydroxylation is 1. The smallest absolute Gasteiger partial charge is 0.272 e. The predicted octanol–water partition coefficient (Wildman–Crippen LogP) is -0.221. The number of carbonyl (C=O) groups is 2. The van der Waals surface area contributed by atoms with E-state index in [2.05, 4.69) is 10.4 Å². The number of carbonyl (C=O) groups excluding carboxylic acids is 2. The van der Waals surface area contributed by atoms with Crippen molar-refractivity contribution in [3.8, 4) is 5.88 Å². The number of likely N-dealkylation sites (N-methyl/N-ethyl adjacent to an activating group) is 1. The molecule has 1 aromatic rings. The zero-order valence-electron chi connectivity index (χ0n) is 11.3. The highest BCUT2D eigenvalue weighted by Gasteiger charge is 2.25. The lowest BCUT2D eigenvalue weighted by molar-refractivity contribution is -0.130. The molecule has 1 fully saturated rings. The second-order valence-electron chi connectivity index (χ2n) is 4.82. The molecule has 7 nitrogen and oxygen atoms in total. The Balaban J connectivity index is 1.95. The number of nitrogens with one attached hydrogen (secondary N) is 1. The number of hydrogen-bond acceptors (Lipinski definition) is 4. The molecular weight excluding hydrogens is 248 g/mol. The van der Waals surface area contributed by atoms with Crippen molar-refractivity contribution in [1.29, 1.82) is 0 Å². The molecule has 1 saturated carbocycles. The average molecular weight is 266 g/mol. The van der Waals surface area contributed by atoms with Crippen LogP contribution in [0.1, 0.15) is 23.3 Å². The van der Waals surface area contributed by atoms with Crippen LogP contribution in [0.3, 0.4) is 0 Å². The van der Waals surface area contributed by atoms with Gasteiger partial charge in [0.2, 0.25) is 5.88 Å². The first-order valence-corrected chi connectivity index (χ1v) is 6.15. The maximum atomic E-state index is 11.8. The Morgan fingerprint density at radius 2 is 2.21 bits per heavy atom. The molecule has 1 heterocycles. The molecule has 2 rings (SSSR count). The Hall–Kier alpha value is -2.05. The molecule has 7 heteroatoms. The average Bonchev–Trinajstić information content (AvgIpc) is 3.08. The van der Waals surface area contributed by atoms with Gasteiger partial charge < -0.3 is 15.0 Å². The summed E-state index contributed by atoms with van der Waals surface area (Å²) in [6.07, 6.45) is 2.05. The largest absolute Gasteiger partial charge is 0.468 e. The fourth-order valence-electron chi connectivity index (χ4n) is 1.45. The van der Waals surface area contributed by atoms with Crippen LogP contribution in [-0.2, 0) is 11.8 Å². The van der Waals surface area contributed by atoms with Gasteiger partial charge in [0.15, 0.2) is 12.3 Å². The first-order chi connectivity index (χ1) is 8.97. The van der Waals surface area contributed by atoms with Gasteiger partial charge in [0.05, 0.1) is 0 Å². The molecule has 1 N–H and O–H groups in total. The molecule has 1 aliphatic rings. The van der Waals surface area contributed by atoms with E-state index >= 15 is 0 Å². The van der Waals surface area contributed by atoms with Crippen LogP contribution in [0.2, 0.25) is 0 Å². The number of nitrogens with zero attached hydrogens (tertiary/aromatic N) is 3. The fraction of sp³-hybridized carbons (Fsp3) is 0.583. The number of hydrogen-bond donors (Lipinski definition) is 1. The first-order valence-electron chi connectivity index (χ1n) is 6.15. The monoisotopic (exact) mass is 266 g/mol. The van der Waals surface area contributed by atoms with Gasteiger partial charge in [0.25, 0.3) is 11.8 Å². The Bertz CT molecular complexity index is 491. The van der Waals surface area contributed by atoms with Crippen LogP contribution in [0.4, 0.5) is 0 Å². The molecule has 0 radical (unpaired) electrons. The van der Waals surface area contributed by atoms with Gasteiger partial charge in [-0.1, -0.05) is 0 Å². The third-order valence-corrected chi connectivity index (χ3v) is 2.82. The first kappa shape index (κ1) is 13.4. The molecular formula is C12H18N4O3. The number of aromatic nitrogens is 2. The summed E-state index contributed by atoms with van der Waals surface area (Å²) in [5.74, 6) is 0.0493. The van der Waals surface area contributed by atoms with Crippen LogP contribution in [0.5, 0.6) is 5.88 Å². The third-order valence-electron chi connectivity index (χ3n) is 2.82. The summed E-state index contributed by atoms with van der Waals surface area (Å²) in [6, 6.07) is 1.83. The van der Waals surface area contributed by atoms with Crippen LogP contribution < -0.4 is 10.1 Å². The van der Waals surface area contributed by atoms with Gasteiger partial charge in [-0.2, -0.15) is 5.10 Å². The van der Waals surface area contributed by atoms with Crippen LogP contribution in [-0.4, -0.2) is 53.2 Å². The van der Waals surface area contributed by atoms with E-state index in [1.807, 2.05) is 0 Å². The highest BCUT2D eigenvalue weighted by atomic mass is 16.5. The zero-order valence-corrected chi connectivity index (χ0v) is 11.3. The standard InChI is InChI=1S/C12H18N4O3/c1-15(2)10(17)7-19-11-6-9(14-16(11)3)12(18)13-8-4-5-8/h6,8H,4-5,7H2,1-3H3,(H,13,18). The van der Waals surface area contributed by atoms with Crippen molar-refractivity contribution in [1.82, 2.24) is 20.0 Å². The van der Waals surface area contributed by atoms with Gasteiger partial charge in [0, 0.05) is 33.3 Å². The second kappa shape index (κ2) is 5.29. The molecule has 0 aromatic carbocycles. The van der Waals surface area contributed by atoms with Crippen molar-refractivity contribution in [2.45, 2.75) is 18.9 Å². The second-order valence-corrected chi connectivity index (χ2v) is 4.82. The topological polar surface area (TPSA) is 76.5 Å². The molecule has 1 aromatic heterocycles. The third kappa shape index (κ3) is 3.46. The molecule has 104 valence electrons. The Morgan fingerprint density at radius 1 is 1.53 bits per heavy atom. The molecule has 19 heavy (non-hydrogen) atoms. The van der Waals surface area contributed by atoms with Gasteiger partial charge in [0.1, 0.15) is 0 Å². The van der Waals surface area contributed by atoms with Crippen molar-refractivity contribution in [2.75, 3.05) is 20.7 Å². The minimum atomic E-state index is -0.202. The molecule has 0 spiro atoms. The Kier molecular flexibility index (Phi) is 3.73. The summed E-state index contributed by atoms with van der Waals surface area (Å²) < 4.78 is 6.79. The van der Waals surface area contributed by atoms with Crippen LogP contribution in [0, 0.1) is 0 Å². The van der Waals surface area contributed by atoms with Crippen molar-refractivity contribution in [3.63, 3.8) is 0 Å². The van der Waals surface area contributed by atoms with E-state index in [0.717, 1.165) is 12.8 Å². The maximum Gasteiger partial charge on any atom is 0.272 e. The van der Waals surface area contributed by atoms with Gasteiger partial charge in [-0.3, -0.25) is 9.59 Å². The molecule has 1 aliphatic carbocycles. The summed E-state index contributed by atoms with van der Waals surface area (Å²) in [5.41, 5.74) is 0.307.